The Hall–Kier alpha value is -2.11. The second kappa shape index (κ2) is 10.0. The van der Waals surface area contributed by atoms with Crippen molar-refractivity contribution in [3.63, 3.8) is 0 Å². The van der Waals surface area contributed by atoms with Gasteiger partial charge < -0.3 is 10.0 Å². The van der Waals surface area contributed by atoms with Gasteiger partial charge in [-0.25, -0.2) is 0 Å². The number of hydrogen-bond donors (Lipinski definition) is 1. The summed E-state index contributed by atoms with van der Waals surface area (Å²) in [5.74, 6) is -0.993. The average Bonchev–Trinajstić information content (AvgIpc) is 2.55. The van der Waals surface area contributed by atoms with Crippen molar-refractivity contribution in [2.24, 2.45) is 0 Å². The molecule has 0 fully saturated rings. The van der Waals surface area contributed by atoms with Gasteiger partial charge in [-0.15, -0.1) is 12.4 Å². The number of benzene rings is 2. The summed E-state index contributed by atoms with van der Waals surface area (Å²) in [5, 5.41) is 11.1. The summed E-state index contributed by atoms with van der Waals surface area (Å²) in [6, 6.07) is 13.8. The predicted molar refractivity (Wildman–Crippen MR) is 104 cm³/mol. The summed E-state index contributed by atoms with van der Waals surface area (Å²) in [7, 11) is 0. The van der Waals surface area contributed by atoms with Gasteiger partial charge in [0.2, 0.25) is 5.91 Å². The van der Waals surface area contributed by atoms with Crippen LogP contribution in [0.2, 0.25) is 0 Å². The van der Waals surface area contributed by atoms with E-state index in [1.807, 2.05) is 56.3 Å². The Kier molecular flexibility index (Phi) is 8.38. The number of nitrogens with zero attached hydrogens (tertiary/aromatic N) is 2. The van der Waals surface area contributed by atoms with E-state index in [0.29, 0.717) is 13.1 Å². The highest BCUT2D eigenvalue weighted by molar-refractivity contribution is 6.04. The molecule has 2 aromatic carbocycles. The molecular formula is C19H25ClN2O3. The Morgan fingerprint density at radius 1 is 1.00 bits per heavy atom. The van der Waals surface area contributed by atoms with E-state index in [-0.39, 0.29) is 31.4 Å². The van der Waals surface area contributed by atoms with E-state index < -0.39 is 5.97 Å². The number of carbonyl (C=O) groups excluding carboxylic acids is 1. The number of hydrogen-bond acceptors (Lipinski definition) is 3. The molecule has 0 bridgehead atoms. The lowest BCUT2D eigenvalue weighted by atomic mass is 10.1. The van der Waals surface area contributed by atoms with Crippen molar-refractivity contribution in [1.82, 2.24) is 4.90 Å². The van der Waals surface area contributed by atoms with Crippen LogP contribution in [0.5, 0.6) is 0 Å². The number of likely N-dealkylation sites (N-methyl/N-ethyl adjacent to an activating group) is 1. The van der Waals surface area contributed by atoms with Crippen molar-refractivity contribution < 1.29 is 14.7 Å². The molecule has 136 valence electrons. The summed E-state index contributed by atoms with van der Waals surface area (Å²) in [5.41, 5.74) is 0.868. The highest BCUT2D eigenvalue weighted by atomic mass is 35.5. The summed E-state index contributed by atoms with van der Waals surface area (Å²) in [6.45, 7) is 5.03. The van der Waals surface area contributed by atoms with Crippen LogP contribution < -0.4 is 4.90 Å². The maximum atomic E-state index is 12.8. The molecule has 0 saturated carbocycles. The zero-order valence-corrected chi connectivity index (χ0v) is 15.5. The van der Waals surface area contributed by atoms with E-state index in [2.05, 4.69) is 0 Å². The monoisotopic (exact) mass is 364 g/mol. The van der Waals surface area contributed by atoms with E-state index in [1.165, 1.54) is 0 Å². The van der Waals surface area contributed by atoms with Crippen LogP contribution in [0, 0.1) is 0 Å². The van der Waals surface area contributed by atoms with Crippen molar-refractivity contribution in [3.05, 3.63) is 42.5 Å². The number of rotatable bonds is 8. The van der Waals surface area contributed by atoms with Crippen LogP contribution in [0.25, 0.3) is 10.8 Å². The third-order valence-electron chi connectivity index (χ3n) is 3.93. The predicted octanol–water partition coefficient (Wildman–Crippen LogP) is 3.41. The molecule has 0 unspecified atom stereocenters. The van der Waals surface area contributed by atoms with Crippen LogP contribution in [-0.2, 0) is 9.59 Å². The molecule has 0 aliphatic heterocycles. The molecule has 0 spiro atoms. The van der Waals surface area contributed by atoms with E-state index >= 15 is 0 Å². The molecule has 0 aliphatic carbocycles. The minimum Gasteiger partial charge on any atom is -0.480 e. The first-order valence-electron chi connectivity index (χ1n) is 8.29. The van der Waals surface area contributed by atoms with E-state index in [4.69, 9.17) is 5.11 Å². The molecule has 2 rings (SSSR count). The Morgan fingerprint density at radius 3 is 2.32 bits per heavy atom. The normalized spacial score (nSPS) is 10.5. The maximum absolute atomic E-state index is 12.8. The first-order chi connectivity index (χ1) is 11.6. The number of carboxylic acid groups (broad SMARTS) is 1. The number of anilines is 1. The van der Waals surface area contributed by atoms with Crippen molar-refractivity contribution in [2.45, 2.75) is 20.3 Å². The Morgan fingerprint density at radius 2 is 1.68 bits per heavy atom. The summed E-state index contributed by atoms with van der Waals surface area (Å²) in [4.78, 5) is 27.2. The standard InChI is InChI=1S/C19H24N2O3.ClH/c1-3-12-20(14-19(23)24)13-18(22)21(4-2)17-11-7-9-15-8-5-6-10-16(15)17;/h5-11H,3-4,12-14H2,1-2H3,(H,23,24);1H. The van der Waals surface area contributed by atoms with Gasteiger partial charge in [0, 0.05) is 11.9 Å². The largest absolute Gasteiger partial charge is 0.480 e. The fraction of sp³-hybridized carbons (Fsp3) is 0.368. The Balaban J connectivity index is 0.00000312. The van der Waals surface area contributed by atoms with Gasteiger partial charge in [-0.1, -0.05) is 43.3 Å². The second-order valence-corrected chi connectivity index (χ2v) is 5.74. The summed E-state index contributed by atoms with van der Waals surface area (Å²) < 4.78 is 0. The minimum atomic E-state index is -0.913. The lowest BCUT2D eigenvalue weighted by Gasteiger charge is -2.26. The van der Waals surface area contributed by atoms with Gasteiger partial charge in [-0.3, -0.25) is 14.5 Å². The van der Waals surface area contributed by atoms with Crippen molar-refractivity contribution >= 4 is 40.7 Å². The van der Waals surface area contributed by atoms with Gasteiger partial charge in [0.15, 0.2) is 0 Å². The molecule has 25 heavy (non-hydrogen) atoms. The van der Waals surface area contributed by atoms with Crippen LogP contribution in [0.4, 0.5) is 5.69 Å². The van der Waals surface area contributed by atoms with Crippen LogP contribution in [-0.4, -0.2) is 48.1 Å². The van der Waals surface area contributed by atoms with Crippen molar-refractivity contribution in [3.8, 4) is 0 Å². The molecule has 0 heterocycles. The molecule has 1 amide bonds. The zero-order valence-electron chi connectivity index (χ0n) is 14.6. The van der Waals surface area contributed by atoms with Crippen LogP contribution >= 0.6 is 12.4 Å². The molecule has 0 radical (unpaired) electrons. The molecule has 0 aromatic heterocycles. The smallest absolute Gasteiger partial charge is 0.317 e. The number of carboxylic acids is 1. The van der Waals surface area contributed by atoms with Gasteiger partial charge in [-0.05, 0) is 31.3 Å². The molecule has 0 atom stereocenters. The second-order valence-electron chi connectivity index (χ2n) is 5.74. The quantitative estimate of drug-likeness (QED) is 0.779. The third-order valence-corrected chi connectivity index (χ3v) is 3.93. The van der Waals surface area contributed by atoms with E-state index in [1.54, 1.807) is 9.80 Å². The summed E-state index contributed by atoms with van der Waals surface area (Å²) >= 11 is 0. The number of carbonyl (C=O) groups is 2. The van der Waals surface area contributed by atoms with Gasteiger partial charge in [0.25, 0.3) is 0 Å². The summed E-state index contributed by atoms with van der Waals surface area (Å²) in [6.07, 6.45) is 0.807. The van der Waals surface area contributed by atoms with Crippen LogP contribution in [0.15, 0.2) is 42.5 Å². The van der Waals surface area contributed by atoms with E-state index in [0.717, 1.165) is 22.9 Å². The van der Waals surface area contributed by atoms with Gasteiger partial charge >= 0.3 is 5.97 Å². The molecule has 0 aliphatic rings. The molecular weight excluding hydrogens is 340 g/mol. The first-order valence-corrected chi connectivity index (χ1v) is 8.29. The van der Waals surface area contributed by atoms with Gasteiger partial charge in [-0.2, -0.15) is 0 Å². The SMILES string of the molecule is CCCN(CC(=O)O)CC(=O)N(CC)c1cccc2ccccc12.Cl. The van der Waals surface area contributed by atoms with Crippen molar-refractivity contribution in [2.75, 3.05) is 31.1 Å². The molecule has 5 nitrogen and oxygen atoms in total. The topological polar surface area (TPSA) is 60.9 Å². The van der Waals surface area contributed by atoms with Crippen molar-refractivity contribution in [1.29, 1.82) is 0 Å². The lowest BCUT2D eigenvalue weighted by molar-refractivity contribution is -0.138. The van der Waals surface area contributed by atoms with Crippen LogP contribution in [0.3, 0.4) is 0 Å². The number of halogens is 1. The lowest BCUT2D eigenvalue weighted by Crippen LogP contribution is -2.42. The molecule has 0 saturated heterocycles. The van der Waals surface area contributed by atoms with Crippen LogP contribution in [0.1, 0.15) is 20.3 Å². The zero-order chi connectivity index (χ0) is 17.5. The maximum Gasteiger partial charge on any atom is 0.317 e. The molecule has 2 aromatic rings. The first kappa shape index (κ1) is 20.9. The number of fused-ring (bicyclic) bond motifs is 1. The third kappa shape index (κ3) is 5.44. The fourth-order valence-electron chi connectivity index (χ4n) is 2.92. The minimum absolute atomic E-state index is 0. The number of amides is 1. The Labute approximate surface area is 154 Å². The fourth-order valence-corrected chi connectivity index (χ4v) is 2.92. The Bertz CT molecular complexity index is 715. The highest BCUT2D eigenvalue weighted by Gasteiger charge is 2.20. The molecule has 6 heteroatoms. The van der Waals surface area contributed by atoms with Gasteiger partial charge in [0.05, 0.1) is 18.8 Å². The number of aliphatic carboxylic acids is 1. The van der Waals surface area contributed by atoms with Gasteiger partial charge in [0.1, 0.15) is 0 Å². The average molecular weight is 365 g/mol. The molecule has 1 N–H and O–H groups in total. The van der Waals surface area contributed by atoms with E-state index in [9.17, 15) is 9.59 Å². The highest BCUT2D eigenvalue weighted by Crippen LogP contribution is 2.26.